The molecule has 2 aromatic rings. The highest BCUT2D eigenvalue weighted by atomic mass is 16.5. The number of methoxy groups -OCH3 is 2. The summed E-state index contributed by atoms with van der Waals surface area (Å²) < 4.78 is 16.1. The molecular formula is C21H24O4. The molecule has 0 fully saturated rings. The number of hydrogen-bond acceptors (Lipinski definition) is 4. The molecule has 4 nitrogen and oxygen atoms in total. The van der Waals surface area contributed by atoms with Gasteiger partial charge in [-0.15, -0.1) is 6.58 Å². The molecule has 2 aromatic carbocycles. The third-order valence-electron chi connectivity index (χ3n) is 4.17. The minimum atomic E-state index is -0.467. The first-order chi connectivity index (χ1) is 11.9. The van der Waals surface area contributed by atoms with E-state index in [0.717, 1.165) is 11.3 Å². The van der Waals surface area contributed by atoms with Crippen molar-refractivity contribution in [2.45, 2.75) is 20.0 Å². The van der Waals surface area contributed by atoms with Crippen LogP contribution in [0.25, 0.3) is 0 Å². The van der Waals surface area contributed by atoms with E-state index in [1.807, 2.05) is 38.1 Å². The van der Waals surface area contributed by atoms with Gasteiger partial charge in [0.1, 0.15) is 17.6 Å². The normalized spacial score (nSPS) is 12.2. The lowest BCUT2D eigenvalue weighted by molar-refractivity contribution is 0.00353. The molecule has 0 aliphatic heterocycles. The van der Waals surface area contributed by atoms with Gasteiger partial charge in [0.05, 0.1) is 19.8 Å². The fourth-order valence-corrected chi connectivity index (χ4v) is 2.44. The first-order valence-corrected chi connectivity index (χ1v) is 8.04. The fourth-order valence-electron chi connectivity index (χ4n) is 2.44. The number of benzene rings is 2. The van der Waals surface area contributed by atoms with E-state index in [0.29, 0.717) is 11.3 Å². The smallest absolute Gasteiger partial charge is 0.338 e. The zero-order valence-corrected chi connectivity index (χ0v) is 15.1. The minimum absolute atomic E-state index is 0.390. The Morgan fingerprint density at radius 2 is 1.44 bits per heavy atom. The van der Waals surface area contributed by atoms with E-state index >= 15 is 0 Å². The highest BCUT2D eigenvalue weighted by Gasteiger charge is 2.32. The Bertz CT molecular complexity index is 715. The summed E-state index contributed by atoms with van der Waals surface area (Å²) in [5.74, 6) is 1.05. The van der Waals surface area contributed by atoms with Crippen LogP contribution >= 0.6 is 0 Å². The van der Waals surface area contributed by atoms with Gasteiger partial charge in [-0.1, -0.05) is 32.1 Å². The molecule has 0 radical (unpaired) electrons. The van der Waals surface area contributed by atoms with Crippen LogP contribution in [0, 0.1) is 5.41 Å². The van der Waals surface area contributed by atoms with E-state index in [1.54, 1.807) is 44.6 Å². The lowest BCUT2D eigenvalue weighted by Crippen LogP contribution is -2.25. The monoisotopic (exact) mass is 340 g/mol. The van der Waals surface area contributed by atoms with Gasteiger partial charge >= 0.3 is 5.97 Å². The molecule has 0 saturated carbocycles. The number of esters is 1. The Kier molecular flexibility index (Phi) is 5.86. The van der Waals surface area contributed by atoms with Gasteiger partial charge in [-0.25, -0.2) is 4.79 Å². The maximum Gasteiger partial charge on any atom is 0.338 e. The number of rotatable bonds is 7. The van der Waals surface area contributed by atoms with E-state index in [-0.39, 0.29) is 0 Å². The van der Waals surface area contributed by atoms with Crippen LogP contribution < -0.4 is 9.47 Å². The summed E-state index contributed by atoms with van der Waals surface area (Å²) in [6.07, 6.45) is 1.33. The van der Waals surface area contributed by atoms with Crippen molar-refractivity contribution in [2.24, 2.45) is 5.41 Å². The molecule has 132 valence electrons. The van der Waals surface area contributed by atoms with Crippen molar-refractivity contribution in [3.05, 3.63) is 72.3 Å². The second-order valence-corrected chi connectivity index (χ2v) is 6.31. The Balaban J connectivity index is 2.28. The average molecular weight is 340 g/mol. The van der Waals surface area contributed by atoms with Crippen molar-refractivity contribution >= 4 is 5.97 Å². The van der Waals surface area contributed by atoms with Gasteiger partial charge in [-0.3, -0.25) is 0 Å². The molecule has 1 atom stereocenters. The zero-order valence-electron chi connectivity index (χ0n) is 15.1. The molecule has 4 heteroatoms. The first-order valence-electron chi connectivity index (χ1n) is 8.04. The highest BCUT2D eigenvalue weighted by Crippen LogP contribution is 2.38. The van der Waals surface area contributed by atoms with Crippen molar-refractivity contribution in [1.82, 2.24) is 0 Å². The molecule has 0 aliphatic rings. The molecular weight excluding hydrogens is 316 g/mol. The predicted octanol–water partition coefficient (Wildman–Crippen LogP) is 4.81. The van der Waals surface area contributed by atoms with Crippen LogP contribution in [0.5, 0.6) is 11.5 Å². The molecule has 25 heavy (non-hydrogen) atoms. The molecule has 0 saturated heterocycles. The topological polar surface area (TPSA) is 44.8 Å². The van der Waals surface area contributed by atoms with Crippen molar-refractivity contribution in [3.63, 3.8) is 0 Å². The Morgan fingerprint density at radius 3 is 1.88 bits per heavy atom. The van der Waals surface area contributed by atoms with E-state index in [9.17, 15) is 4.79 Å². The number of carbonyl (C=O) groups is 1. The van der Waals surface area contributed by atoms with Crippen LogP contribution in [0.15, 0.2) is 61.2 Å². The maximum atomic E-state index is 12.6. The second-order valence-electron chi connectivity index (χ2n) is 6.31. The summed E-state index contributed by atoms with van der Waals surface area (Å²) >= 11 is 0. The summed E-state index contributed by atoms with van der Waals surface area (Å²) in [7, 11) is 3.20. The SMILES string of the molecule is C=CC(C)(C)C(OC(=O)c1ccc(OC)cc1)c1ccc(OC)cc1. The van der Waals surface area contributed by atoms with Crippen LogP contribution in [0.4, 0.5) is 0 Å². The van der Waals surface area contributed by atoms with Gasteiger partial charge in [-0.2, -0.15) is 0 Å². The predicted molar refractivity (Wildman–Crippen MR) is 98.1 cm³/mol. The lowest BCUT2D eigenvalue weighted by atomic mass is 9.82. The summed E-state index contributed by atoms with van der Waals surface area (Å²) in [4.78, 5) is 12.6. The molecule has 0 spiro atoms. The van der Waals surface area contributed by atoms with Crippen LogP contribution in [0.2, 0.25) is 0 Å². The van der Waals surface area contributed by atoms with Gasteiger partial charge < -0.3 is 14.2 Å². The second kappa shape index (κ2) is 7.88. The molecule has 0 aromatic heterocycles. The lowest BCUT2D eigenvalue weighted by Gasteiger charge is -2.31. The van der Waals surface area contributed by atoms with Gasteiger partial charge in [-0.05, 0) is 42.0 Å². The Morgan fingerprint density at radius 1 is 0.960 bits per heavy atom. The number of hydrogen-bond donors (Lipinski definition) is 0. The van der Waals surface area contributed by atoms with Crippen molar-refractivity contribution < 1.29 is 19.0 Å². The van der Waals surface area contributed by atoms with Gasteiger partial charge in [0.15, 0.2) is 0 Å². The average Bonchev–Trinajstić information content (AvgIpc) is 2.66. The Hall–Kier alpha value is -2.75. The van der Waals surface area contributed by atoms with E-state index in [1.165, 1.54) is 0 Å². The molecule has 0 heterocycles. The quantitative estimate of drug-likeness (QED) is 0.536. The molecule has 0 aliphatic carbocycles. The maximum absolute atomic E-state index is 12.6. The van der Waals surface area contributed by atoms with Gasteiger partial charge in [0.2, 0.25) is 0 Å². The van der Waals surface area contributed by atoms with Crippen LogP contribution in [0.1, 0.15) is 35.9 Å². The summed E-state index contributed by atoms with van der Waals surface area (Å²) in [6, 6.07) is 14.3. The highest BCUT2D eigenvalue weighted by molar-refractivity contribution is 5.89. The van der Waals surface area contributed by atoms with Crippen LogP contribution in [-0.4, -0.2) is 20.2 Å². The fraction of sp³-hybridized carbons (Fsp3) is 0.286. The molecule has 1 unspecified atom stereocenters. The third kappa shape index (κ3) is 4.41. The van der Waals surface area contributed by atoms with Gasteiger partial charge in [0, 0.05) is 5.41 Å². The van der Waals surface area contributed by atoms with E-state index in [4.69, 9.17) is 14.2 Å². The van der Waals surface area contributed by atoms with Crippen molar-refractivity contribution in [3.8, 4) is 11.5 Å². The van der Waals surface area contributed by atoms with Crippen molar-refractivity contribution in [1.29, 1.82) is 0 Å². The molecule has 0 N–H and O–H groups in total. The molecule has 0 bridgehead atoms. The zero-order chi connectivity index (χ0) is 18.4. The summed E-state index contributed by atoms with van der Waals surface area (Å²) in [6.45, 7) is 7.85. The Labute approximate surface area is 149 Å². The standard InChI is InChI=1S/C21H24O4/c1-6-21(2,3)19(15-7-11-17(23-4)12-8-15)25-20(22)16-9-13-18(24-5)14-10-16/h6-14,19H,1H2,2-5H3. The van der Waals surface area contributed by atoms with E-state index < -0.39 is 17.5 Å². The number of carbonyl (C=O) groups excluding carboxylic acids is 1. The summed E-state index contributed by atoms with van der Waals surface area (Å²) in [5, 5.41) is 0. The third-order valence-corrected chi connectivity index (χ3v) is 4.17. The van der Waals surface area contributed by atoms with Crippen LogP contribution in [0.3, 0.4) is 0 Å². The largest absolute Gasteiger partial charge is 0.497 e. The summed E-state index contributed by atoms with van der Waals surface area (Å²) in [5.41, 5.74) is 0.920. The molecule has 2 rings (SSSR count). The number of ether oxygens (including phenoxy) is 3. The first kappa shape index (κ1) is 18.6. The van der Waals surface area contributed by atoms with Gasteiger partial charge in [0.25, 0.3) is 0 Å². The van der Waals surface area contributed by atoms with Crippen LogP contribution in [-0.2, 0) is 4.74 Å². The minimum Gasteiger partial charge on any atom is -0.497 e. The molecule has 0 amide bonds. The van der Waals surface area contributed by atoms with Crippen molar-refractivity contribution in [2.75, 3.05) is 14.2 Å². The van der Waals surface area contributed by atoms with E-state index in [2.05, 4.69) is 6.58 Å².